The number of hydrogen-bond donors (Lipinski definition) is 0. The van der Waals surface area contributed by atoms with Crippen molar-refractivity contribution in [2.24, 2.45) is 0 Å². The normalized spacial score (nSPS) is 11.4. The monoisotopic (exact) mass is 405 g/mol. The molecule has 0 N–H and O–H groups in total. The van der Waals surface area contributed by atoms with Gasteiger partial charge in [-0.1, -0.05) is 11.6 Å². The zero-order valence-electron chi connectivity index (χ0n) is 11.2. The van der Waals surface area contributed by atoms with Crippen LogP contribution in [0.3, 0.4) is 0 Å². The van der Waals surface area contributed by atoms with E-state index in [1.54, 1.807) is 18.3 Å². The predicted molar refractivity (Wildman–Crippen MR) is 85.5 cm³/mol. The predicted octanol–water partition coefficient (Wildman–Crippen LogP) is 3.44. The molecule has 0 unspecified atom stereocenters. The third-order valence-corrected chi connectivity index (χ3v) is 3.63. The quantitative estimate of drug-likeness (QED) is 0.567. The number of nitrogens with zero attached hydrogens (tertiary/aromatic N) is 3. The van der Waals surface area contributed by atoms with Crippen LogP contribution >= 0.6 is 34.2 Å². The molecule has 0 bridgehead atoms. The van der Waals surface area contributed by atoms with Crippen LogP contribution in [0.4, 0.5) is 0 Å². The van der Waals surface area contributed by atoms with Gasteiger partial charge in [-0.2, -0.15) is 5.10 Å². The maximum absolute atomic E-state index is 12.2. The molecule has 0 aliphatic heterocycles. The lowest BCUT2D eigenvalue weighted by atomic mass is 10.1. The highest BCUT2D eigenvalue weighted by Crippen LogP contribution is 2.28. The first-order valence-corrected chi connectivity index (χ1v) is 7.33. The van der Waals surface area contributed by atoms with Gasteiger partial charge < -0.3 is 4.74 Å². The summed E-state index contributed by atoms with van der Waals surface area (Å²) in [5.41, 5.74) is -0.822. The number of pyridine rings is 1. The summed E-state index contributed by atoms with van der Waals surface area (Å²) < 4.78 is 7.62. The van der Waals surface area contributed by atoms with Crippen molar-refractivity contribution in [3.05, 3.63) is 43.6 Å². The molecule has 0 aromatic carbocycles. The van der Waals surface area contributed by atoms with E-state index in [2.05, 4.69) is 10.1 Å². The molecule has 0 amide bonds. The largest absolute Gasteiger partial charge is 0.451 e. The van der Waals surface area contributed by atoms with Crippen LogP contribution in [0.15, 0.2) is 29.3 Å². The average molecular weight is 406 g/mol. The molecule has 0 saturated carbocycles. The van der Waals surface area contributed by atoms with E-state index in [0.717, 1.165) is 0 Å². The van der Waals surface area contributed by atoms with Gasteiger partial charge in [-0.3, -0.25) is 4.79 Å². The fourth-order valence-corrected chi connectivity index (χ4v) is 2.15. The van der Waals surface area contributed by atoms with E-state index >= 15 is 0 Å². The zero-order valence-corrected chi connectivity index (χ0v) is 14.1. The SMILES string of the molecule is CC(C)(C)n1ncc(Oc2cccnc2I)c(Cl)c1=O. The van der Waals surface area contributed by atoms with Crippen molar-refractivity contribution in [3.63, 3.8) is 0 Å². The van der Waals surface area contributed by atoms with Gasteiger partial charge in [0.1, 0.15) is 3.70 Å². The summed E-state index contributed by atoms with van der Waals surface area (Å²) >= 11 is 8.13. The minimum atomic E-state index is -0.442. The van der Waals surface area contributed by atoms with Crippen LogP contribution in [0.5, 0.6) is 11.5 Å². The molecule has 0 atom stereocenters. The van der Waals surface area contributed by atoms with Gasteiger partial charge in [-0.05, 0) is 55.5 Å². The van der Waals surface area contributed by atoms with E-state index in [9.17, 15) is 4.79 Å². The van der Waals surface area contributed by atoms with Crippen molar-refractivity contribution in [2.45, 2.75) is 26.3 Å². The van der Waals surface area contributed by atoms with Gasteiger partial charge in [0.15, 0.2) is 16.5 Å². The molecule has 20 heavy (non-hydrogen) atoms. The lowest BCUT2D eigenvalue weighted by Crippen LogP contribution is -2.36. The molecule has 5 nitrogen and oxygen atoms in total. The minimum absolute atomic E-state index is 0.00887. The summed E-state index contributed by atoms with van der Waals surface area (Å²) in [6.45, 7) is 5.63. The molecule has 2 rings (SSSR count). The van der Waals surface area contributed by atoms with Crippen LogP contribution in [-0.2, 0) is 5.54 Å². The summed E-state index contributed by atoms with van der Waals surface area (Å²) in [5, 5.41) is 4.12. The van der Waals surface area contributed by atoms with E-state index in [-0.39, 0.29) is 16.3 Å². The van der Waals surface area contributed by atoms with Crippen molar-refractivity contribution >= 4 is 34.2 Å². The molecule has 0 radical (unpaired) electrons. The van der Waals surface area contributed by atoms with Gasteiger partial charge in [0, 0.05) is 6.20 Å². The Hall–Kier alpha value is -1.15. The molecule has 2 aromatic rings. The standard InChI is InChI=1S/C13H13ClIN3O2/c1-13(2,3)18-12(19)10(14)9(7-17-18)20-8-5-4-6-16-11(8)15/h4-7H,1-3H3. The topological polar surface area (TPSA) is 57.0 Å². The van der Waals surface area contributed by atoms with E-state index in [4.69, 9.17) is 16.3 Å². The summed E-state index contributed by atoms with van der Waals surface area (Å²) in [4.78, 5) is 16.3. The Labute approximate surface area is 135 Å². The first kappa shape index (κ1) is 15.2. The molecule has 2 heterocycles. The van der Waals surface area contributed by atoms with Gasteiger partial charge in [0.05, 0.1) is 11.7 Å². The molecule has 0 aliphatic carbocycles. The number of aromatic nitrogens is 3. The average Bonchev–Trinajstić information content (AvgIpc) is 2.36. The molecular formula is C13H13ClIN3O2. The molecule has 2 aromatic heterocycles. The summed E-state index contributed by atoms with van der Waals surface area (Å²) in [6.07, 6.45) is 3.10. The second-order valence-electron chi connectivity index (χ2n) is 5.10. The van der Waals surface area contributed by atoms with Crippen LogP contribution in [0.25, 0.3) is 0 Å². The number of rotatable bonds is 2. The van der Waals surface area contributed by atoms with Crippen molar-refractivity contribution < 1.29 is 4.74 Å². The van der Waals surface area contributed by atoms with E-state index in [1.807, 2.05) is 43.4 Å². The molecule has 7 heteroatoms. The Bertz CT molecular complexity index is 695. The van der Waals surface area contributed by atoms with Gasteiger partial charge >= 0.3 is 0 Å². The lowest BCUT2D eigenvalue weighted by Gasteiger charge is -2.21. The smallest absolute Gasteiger partial charge is 0.289 e. The first-order chi connectivity index (χ1) is 9.30. The van der Waals surface area contributed by atoms with Gasteiger partial charge in [-0.15, -0.1) is 0 Å². The molecule has 106 valence electrons. The highest BCUT2D eigenvalue weighted by Gasteiger charge is 2.20. The Kier molecular flexibility index (Phi) is 4.33. The summed E-state index contributed by atoms with van der Waals surface area (Å²) in [7, 11) is 0. The van der Waals surface area contributed by atoms with Gasteiger partial charge in [0.25, 0.3) is 5.56 Å². The molecule has 0 saturated heterocycles. The van der Waals surface area contributed by atoms with Crippen LogP contribution in [0.1, 0.15) is 20.8 Å². The minimum Gasteiger partial charge on any atom is -0.451 e. The van der Waals surface area contributed by atoms with Crippen molar-refractivity contribution in [1.29, 1.82) is 0 Å². The molecule has 0 spiro atoms. The maximum atomic E-state index is 12.2. The first-order valence-electron chi connectivity index (χ1n) is 5.87. The van der Waals surface area contributed by atoms with E-state index < -0.39 is 5.54 Å². The molecule has 0 fully saturated rings. The second-order valence-corrected chi connectivity index (χ2v) is 6.50. The fraction of sp³-hybridized carbons (Fsp3) is 0.308. The third-order valence-electron chi connectivity index (χ3n) is 2.47. The number of ether oxygens (including phenoxy) is 1. The Morgan fingerprint density at radius 1 is 1.35 bits per heavy atom. The zero-order chi connectivity index (χ0) is 14.9. The van der Waals surface area contributed by atoms with Crippen molar-refractivity contribution in [3.8, 4) is 11.5 Å². The fourth-order valence-electron chi connectivity index (χ4n) is 1.53. The maximum Gasteiger partial charge on any atom is 0.289 e. The highest BCUT2D eigenvalue weighted by atomic mass is 127. The Morgan fingerprint density at radius 2 is 2.05 bits per heavy atom. The van der Waals surface area contributed by atoms with Gasteiger partial charge in [-0.25, -0.2) is 9.67 Å². The molecular weight excluding hydrogens is 393 g/mol. The van der Waals surface area contributed by atoms with Gasteiger partial charge in [0.2, 0.25) is 0 Å². The summed E-state index contributed by atoms with van der Waals surface area (Å²) in [5.74, 6) is 0.757. The van der Waals surface area contributed by atoms with Crippen molar-refractivity contribution in [2.75, 3.05) is 0 Å². The third kappa shape index (κ3) is 3.12. The number of hydrogen-bond acceptors (Lipinski definition) is 4. The Balaban J connectivity index is 2.44. The molecule has 0 aliphatic rings. The second kappa shape index (κ2) is 5.69. The van der Waals surface area contributed by atoms with Crippen LogP contribution in [0, 0.1) is 3.70 Å². The number of halogens is 2. The highest BCUT2D eigenvalue weighted by molar-refractivity contribution is 14.1. The van der Waals surface area contributed by atoms with Crippen molar-refractivity contribution in [1.82, 2.24) is 14.8 Å². The van der Waals surface area contributed by atoms with Crippen LogP contribution in [0.2, 0.25) is 5.02 Å². The lowest BCUT2D eigenvalue weighted by molar-refractivity contribution is 0.333. The van der Waals surface area contributed by atoms with E-state index in [0.29, 0.717) is 9.45 Å². The summed E-state index contributed by atoms with van der Waals surface area (Å²) in [6, 6.07) is 3.50. The van der Waals surface area contributed by atoms with Crippen LogP contribution in [-0.4, -0.2) is 14.8 Å². The van der Waals surface area contributed by atoms with Crippen LogP contribution < -0.4 is 10.3 Å². The van der Waals surface area contributed by atoms with E-state index in [1.165, 1.54) is 10.9 Å². The Morgan fingerprint density at radius 3 is 2.65 bits per heavy atom.